The second kappa shape index (κ2) is 6.11. The van der Waals surface area contributed by atoms with E-state index in [1.165, 1.54) is 25.5 Å². The third-order valence-corrected chi connectivity index (χ3v) is 6.95. The molecule has 3 aromatic rings. The fourth-order valence-corrected chi connectivity index (χ4v) is 6.00. The van der Waals surface area contributed by atoms with E-state index in [4.69, 9.17) is 10.4 Å². The van der Waals surface area contributed by atoms with Gasteiger partial charge in [-0.15, -0.1) is 0 Å². The van der Waals surface area contributed by atoms with Crippen LogP contribution in [-0.4, -0.2) is 32.5 Å². The summed E-state index contributed by atoms with van der Waals surface area (Å²) in [7, 11) is 0. The molecule has 30 heavy (non-hydrogen) atoms. The standard InChI is InChI=1S/C23H21FN6/c24-19-6-17(8-26-9-19)21-3-4-27-30(21)15-23-11-22(12-23,13-23)14-29-10-18-5-16(7-25)1-2-20(18)28-29/h1-2,4-6,8-10,21H,3,11-15H2. The lowest BCUT2D eigenvalue weighted by atomic mass is 9.35. The second-order valence-corrected chi connectivity index (χ2v) is 9.33. The maximum Gasteiger partial charge on any atom is 0.141 e. The van der Waals surface area contributed by atoms with Gasteiger partial charge < -0.3 is 0 Å². The van der Waals surface area contributed by atoms with Gasteiger partial charge in [-0.05, 0) is 59.9 Å². The summed E-state index contributed by atoms with van der Waals surface area (Å²) >= 11 is 0. The Morgan fingerprint density at radius 1 is 1.13 bits per heavy atom. The van der Waals surface area contributed by atoms with Crippen LogP contribution in [0.15, 0.2) is 48.0 Å². The highest BCUT2D eigenvalue weighted by molar-refractivity contribution is 5.79. The lowest BCUT2D eigenvalue weighted by molar-refractivity contribution is -0.223. The number of aromatic nitrogens is 3. The SMILES string of the molecule is N#Cc1ccc2nn(CC34CC(CN5N=CCC5c5cncc(F)c5)(C3)C4)cc2c1. The molecule has 0 spiro atoms. The van der Waals surface area contributed by atoms with Crippen LogP contribution in [0, 0.1) is 28.0 Å². The van der Waals surface area contributed by atoms with Crippen LogP contribution >= 0.6 is 0 Å². The van der Waals surface area contributed by atoms with E-state index in [2.05, 4.69) is 27.4 Å². The number of nitriles is 1. The summed E-state index contributed by atoms with van der Waals surface area (Å²) in [6, 6.07) is 9.48. The van der Waals surface area contributed by atoms with Crippen molar-refractivity contribution in [1.29, 1.82) is 5.26 Å². The predicted octanol–water partition coefficient (Wildman–Crippen LogP) is 4.05. The molecule has 2 aromatic heterocycles. The Bertz CT molecular complexity index is 1200. The number of fused-ring (bicyclic) bond motifs is 1. The second-order valence-electron chi connectivity index (χ2n) is 9.33. The molecule has 7 rings (SSSR count). The first kappa shape index (κ1) is 17.6. The van der Waals surface area contributed by atoms with Crippen molar-refractivity contribution in [1.82, 2.24) is 19.8 Å². The van der Waals surface area contributed by atoms with Crippen LogP contribution in [-0.2, 0) is 6.54 Å². The van der Waals surface area contributed by atoms with Gasteiger partial charge in [-0.3, -0.25) is 14.7 Å². The molecule has 0 N–H and O–H groups in total. The topological polar surface area (TPSA) is 70.1 Å². The molecule has 1 aromatic carbocycles. The van der Waals surface area contributed by atoms with Crippen molar-refractivity contribution < 1.29 is 4.39 Å². The molecule has 2 bridgehead atoms. The highest BCUT2D eigenvalue weighted by atomic mass is 19.1. The van der Waals surface area contributed by atoms with Crippen LogP contribution in [0.5, 0.6) is 0 Å². The molecule has 3 aliphatic carbocycles. The fourth-order valence-electron chi connectivity index (χ4n) is 6.00. The molecular formula is C23H21FN6. The van der Waals surface area contributed by atoms with Gasteiger partial charge in [-0.1, -0.05) is 0 Å². The lowest BCUT2D eigenvalue weighted by Gasteiger charge is -2.71. The third-order valence-electron chi connectivity index (χ3n) is 6.95. The van der Waals surface area contributed by atoms with Crippen LogP contribution in [0.2, 0.25) is 0 Å². The molecule has 1 aliphatic heterocycles. The first-order valence-corrected chi connectivity index (χ1v) is 10.3. The zero-order chi connectivity index (χ0) is 20.3. The number of nitrogens with zero attached hydrogens (tertiary/aromatic N) is 6. The van der Waals surface area contributed by atoms with Crippen molar-refractivity contribution in [2.24, 2.45) is 15.9 Å². The maximum atomic E-state index is 13.6. The van der Waals surface area contributed by atoms with Gasteiger partial charge in [0.25, 0.3) is 0 Å². The Morgan fingerprint density at radius 2 is 1.97 bits per heavy atom. The minimum absolute atomic E-state index is 0.0870. The summed E-state index contributed by atoms with van der Waals surface area (Å²) in [5.41, 5.74) is 3.16. The Balaban J connectivity index is 1.12. The van der Waals surface area contributed by atoms with Crippen LogP contribution in [0.3, 0.4) is 0 Å². The van der Waals surface area contributed by atoms with E-state index in [-0.39, 0.29) is 11.9 Å². The van der Waals surface area contributed by atoms with E-state index in [0.717, 1.165) is 36.0 Å². The van der Waals surface area contributed by atoms with Crippen molar-refractivity contribution in [3.8, 4) is 6.07 Å². The predicted molar refractivity (Wildman–Crippen MR) is 110 cm³/mol. The molecule has 3 fully saturated rings. The van der Waals surface area contributed by atoms with E-state index in [9.17, 15) is 4.39 Å². The van der Waals surface area contributed by atoms with Crippen molar-refractivity contribution in [2.75, 3.05) is 6.54 Å². The Hall–Kier alpha value is -3.27. The van der Waals surface area contributed by atoms with Crippen LogP contribution in [0.1, 0.15) is 42.9 Å². The minimum Gasteiger partial charge on any atom is -0.289 e. The monoisotopic (exact) mass is 400 g/mol. The summed E-state index contributed by atoms with van der Waals surface area (Å²) in [4.78, 5) is 4.01. The average Bonchev–Trinajstić information content (AvgIpc) is 3.30. The quantitative estimate of drug-likeness (QED) is 0.648. The molecule has 4 aliphatic rings. The number of hydrogen-bond donors (Lipinski definition) is 0. The van der Waals surface area contributed by atoms with Gasteiger partial charge in [0.15, 0.2) is 0 Å². The fraction of sp³-hybridized carbons (Fsp3) is 0.391. The molecule has 3 saturated carbocycles. The molecule has 1 unspecified atom stereocenters. The van der Waals surface area contributed by atoms with Crippen molar-refractivity contribution in [3.63, 3.8) is 0 Å². The summed E-state index contributed by atoms with van der Waals surface area (Å²) in [6.07, 6.45) is 11.3. The molecule has 1 atom stereocenters. The molecule has 0 saturated heterocycles. The van der Waals surface area contributed by atoms with Crippen LogP contribution in [0.25, 0.3) is 10.9 Å². The molecule has 6 nitrogen and oxygen atoms in total. The Labute approximate surface area is 173 Å². The highest BCUT2D eigenvalue weighted by Gasteiger charge is 2.68. The van der Waals surface area contributed by atoms with Crippen molar-refractivity contribution in [3.05, 3.63) is 59.8 Å². The highest BCUT2D eigenvalue weighted by Crippen LogP contribution is 2.74. The zero-order valence-corrected chi connectivity index (χ0v) is 16.5. The smallest absolute Gasteiger partial charge is 0.141 e. The number of hydrazone groups is 1. The van der Waals surface area contributed by atoms with Gasteiger partial charge >= 0.3 is 0 Å². The number of halogens is 1. The summed E-state index contributed by atoms with van der Waals surface area (Å²) in [5.74, 6) is -0.294. The van der Waals surface area contributed by atoms with E-state index >= 15 is 0 Å². The molecular weight excluding hydrogens is 379 g/mol. The van der Waals surface area contributed by atoms with Gasteiger partial charge in [0.2, 0.25) is 0 Å². The molecule has 0 amide bonds. The normalized spacial score (nSPS) is 28.9. The number of benzene rings is 1. The maximum absolute atomic E-state index is 13.6. The van der Waals surface area contributed by atoms with E-state index in [1.807, 2.05) is 29.1 Å². The largest absolute Gasteiger partial charge is 0.289 e. The summed E-state index contributed by atoms with van der Waals surface area (Å²) < 4.78 is 15.6. The van der Waals surface area contributed by atoms with E-state index < -0.39 is 0 Å². The summed E-state index contributed by atoms with van der Waals surface area (Å²) in [5, 5.41) is 21.5. The summed E-state index contributed by atoms with van der Waals surface area (Å²) in [6.45, 7) is 1.84. The zero-order valence-electron chi connectivity index (χ0n) is 16.5. The molecule has 0 radical (unpaired) electrons. The van der Waals surface area contributed by atoms with Crippen molar-refractivity contribution >= 4 is 17.1 Å². The van der Waals surface area contributed by atoms with Crippen molar-refractivity contribution in [2.45, 2.75) is 38.3 Å². The van der Waals surface area contributed by atoms with Crippen LogP contribution < -0.4 is 0 Å². The first-order valence-electron chi connectivity index (χ1n) is 10.3. The van der Waals surface area contributed by atoms with E-state index in [1.54, 1.807) is 12.3 Å². The molecule has 150 valence electrons. The number of hydrogen-bond acceptors (Lipinski definition) is 5. The van der Waals surface area contributed by atoms with Gasteiger partial charge in [0, 0.05) is 43.5 Å². The number of rotatable bonds is 5. The molecule has 3 heterocycles. The minimum atomic E-state index is -0.294. The number of pyridine rings is 1. The lowest BCUT2D eigenvalue weighted by Crippen LogP contribution is -2.66. The van der Waals surface area contributed by atoms with E-state index in [0.29, 0.717) is 16.4 Å². The first-order chi connectivity index (χ1) is 14.6. The Morgan fingerprint density at radius 3 is 2.77 bits per heavy atom. The van der Waals surface area contributed by atoms with Gasteiger partial charge in [-0.2, -0.15) is 15.5 Å². The Kier molecular flexibility index (Phi) is 3.58. The third kappa shape index (κ3) is 2.71. The van der Waals surface area contributed by atoms with Gasteiger partial charge in [-0.25, -0.2) is 4.39 Å². The van der Waals surface area contributed by atoms with Crippen LogP contribution in [0.4, 0.5) is 4.39 Å². The molecule has 7 heteroatoms. The van der Waals surface area contributed by atoms with Gasteiger partial charge in [0.05, 0.1) is 29.4 Å². The average molecular weight is 400 g/mol. The van der Waals surface area contributed by atoms with Gasteiger partial charge in [0.1, 0.15) is 5.82 Å².